The molecule has 0 fully saturated rings. The maximum absolute atomic E-state index is 4.91. The second-order valence-corrected chi connectivity index (χ2v) is 7.32. The van der Waals surface area contributed by atoms with Gasteiger partial charge < -0.3 is 0 Å². The summed E-state index contributed by atoms with van der Waals surface area (Å²) in [4.78, 5) is 4.91. The molecule has 0 spiro atoms. The monoisotopic (exact) mass is 358 g/mol. The minimum absolute atomic E-state index is 0.889. The van der Waals surface area contributed by atoms with E-state index < -0.39 is 0 Å². The van der Waals surface area contributed by atoms with Crippen LogP contribution in [0.4, 0.5) is 0 Å². The van der Waals surface area contributed by atoms with Gasteiger partial charge in [0.25, 0.3) is 0 Å². The number of benzene rings is 4. The summed E-state index contributed by atoms with van der Waals surface area (Å²) in [6.07, 6.45) is 0.889. The normalized spacial score (nSPS) is 12.1. The van der Waals surface area contributed by atoms with Crippen molar-refractivity contribution in [2.24, 2.45) is 0 Å². The lowest BCUT2D eigenvalue weighted by Gasteiger charge is -2.09. The first-order valence-electron chi connectivity index (χ1n) is 9.62. The van der Waals surface area contributed by atoms with Crippen LogP contribution in [0.25, 0.3) is 39.0 Å². The van der Waals surface area contributed by atoms with Crippen LogP contribution in [0.2, 0.25) is 0 Å². The second-order valence-electron chi connectivity index (χ2n) is 7.32. The standard InChI is InChI=1S/C26H18N2/c1-3-7-18(8-4-1)20-11-12-22-17-26-27-23-14-13-21(19-9-5-2-6-10-19)16-25(23)28(26)24(22)15-20/h1-16H,17H2. The van der Waals surface area contributed by atoms with Gasteiger partial charge in [0.05, 0.1) is 16.7 Å². The van der Waals surface area contributed by atoms with E-state index in [1.165, 1.54) is 39.0 Å². The maximum atomic E-state index is 4.91. The van der Waals surface area contributed by atoms with Crippen molar-refractivity contribution in [3.05, 3.63) is 108 Å². The van der Waals surface area contributed by atoms with Crippen LogP contribution in [0, 0.1) is 0 Å². The average Bonchev–Trinajstić information content (AvgIpc) is 3.30. The van der Waals surface area contributed by atoms with E-state index in [-0.39, 0.29) is 0 Å². The second kappa shape index (κ2) is 5.93. The minimum Gasteiger partial charge on any atom is -0.296 e. The van der Waals surface area contributed by atoms with Crippen LogP contribution in [0.1, 0.15) is 11.4 Å². The molecule has 0 unspecified atom stereocenters. The lowest BCUT2D eigenvalue weighted by molar-refractivity contribution is 1.02. The Kier molecular flexibility index (Phi) is 3.26. The number of hydrogen-bond acceptors (Lipinski definition) is 1. The molecule has 2 nitrogen and oxygen atoms in total. The van der Waals surface area contributed by atoms with Crippen LogP contribution >= 0.6 is 0 Å². The third-order valence-electron chi connectivity index (χ3n) is 5.61. The molecule has 0 radical (unpaired) electrons. The number of hydrogen-bond donors (Lipinski definition) is 0. The zero-order valence-electron chi connectivity index (χ0n) is 15.3. The molecule has 0 atom stereocenters. The van der Waals surface area contributed by atoms with Crippen molar-refractivity contribution in [2.45, 2.75) is 6.42 Å². The first kappa shape index (κ1) is 15.4. The number of fused-ring (bicyclic) bond motifs is 5. The van der Waals surface area contributed by atoms with Gasteiger partial charge in [-0.3, -0.25) is 4.57 Å². The summed E-state index contributed by atoms with van der Waals surface area (Å²) in [6, 6.07) is 34.5. The highest BCUT2D eigenvalue weighted by atomic mass is 15.1. The van der Waals surface area contributed by atoms with Crippen LogP contribution < -0.4 is 0 Å². The fourth-order valence-corrected chi connectivity index (χ4v) is 4.22. The number of rotatable bonds is 2. The highest BCUT2D eigenvalue weighted by molar-refractivity contribution is 5.86. The molecule has 0 aliphatic carbocycles. The molecule has 0 amide bonds. The van der Waals surface area contributed by atoms with Gasteiger partial charge >= 0.3 is 0 Å². The molecule has 2 heteroatoms. The van der Waals surface area contributed by atoms with Gasteiger partial charge in [0.2, 0.25) is 0 Å². The molecule has 4 aromatic carbocycles. The Labute approximate surface area is 163 Å². The van der Waals surface area contributed by atoms with Crippen LogP contribution in [0.3, 0.4) is 0 Å². The molecule has 1 aliphatic heterocycles. The molecule has 132 valence electrons. The van der Waals surface area contributed by atoms with Gasteiger partial charge in [0.15, 0.2) is 0 Å². The van der Waals surface area contributed by atoms with E-state index in [1.807, 2.05) is 0 Å². The van der Waals surface area contributed by atoms with Crippen molar-refractivity contribution in [3.8, 4) is 27.9 Å². The highest BCUT2D eigenvalue weighted by Gasteiger charge is 2.23. The summed E-state index contributed by atoms with van der Waals surface area (Å²) in [5, 5.41) is 0. The van der Waals surface area contributed by atoms with E-state index >= 15 is 0 Å². The van der Waals surface area contributed by atoms with Gasteiger partial charge in [-0.2, -0.15) is 0 Å². The molecule has 1 aromatic heterocycles. The molecule has 0 saturated carbocycles. The number of imidazole rings is 1. The molecule has 0 N–H and O–H groups in total. The third-order valence-corrected chi connectivity index (χ3v) is 5.61. The Hall–Kier alpha value is -3.65. The Morgan fingerprint density at radius 2 is 1.25 bits per heavy atom. The zero-order valence-corrected chi connectivity index (χ0v) is 15.3. The molecule has 28 heavy (non-hydrogen) atoms. The first-order valence-corrected chi connectivity index (χ1v) is 9.62. The fraction of sp³-hybridized carbons (Fsp3) is 0.0385. The Morgan fingerprint density at radius 3 is 1.96 bits per heavy atom. The van der Waals surface area contributed by atoms with Gasteiger partial charge in [-0.15, -0.1) is 0 Å². The number of nitrogens with zero attached hydrogens (tertiary/aromatic N) is 2. The van der Waals surface area contributed by atoms with Crippen LogP contribution in [0.5, 0.6) is 0 Å². The van der Waals surface area contributed by atoms with Crippen molar-refractivity contribution in [3.63, 3.8) is 0 Å². The largest absolute Gasteiger partial charge is 0.296 e. The van der Waals surface area contributed by atoms with E-state index in [1.54, 1.807) is 0 Å². The molecule has 0 bridgehead atoms. The van der Waals surface area contributed by atoms with Crippen molar-refractivity contribution in [1.82, 2.24) is 9.55 Å². The quantitative estimate of drug-likeness (QED) is 0.357. The Morgan fingerprint density at radius 1 is 0.607 bits per heavy atom. The van der Waals surface area contributed by atoms with E-state index in [0.29, 0.717) is 0 Å². The lowest BCUT2D eigenvalue weighted by Crippen LogP contribution is -1.93. The minimum atomic E-state index is 0.889. The van der Waals surface area contributed by atoms with Crippen LogP contribution in [-0.4, -0.2) is 9.55 Å². The molecule has 2 heterocycles. The average molecular weight is 358 g/mol. The van der Waals surface area contributed by atoms with E-state index in [0.717, 1.165) is 17.8 Å². The summed E-state index contributed by atoms with van der Waals surface area (Å²) in [7, 11) is 0. The van der Waals surface area contributed by atoms with Crippen LogP contribution in [-0.2, 0) is 6.42 Å². The predicted molar refractivity (Wildman–Crippen MR) is 115 cm³/mol. The molecule has 0 saturated heterocycles. The Balaban J connectivity index is 1.55. The summed E-state index contributed by atoms with van der Waals surface area (Å²) in [5.41, 5.74) is 9.78. The maximum Gasteiger partial charge on any atom is 0.118 e. The number of aromatic nitrogens is 2. The summed E-state index contributed by atoms with van der Waals surface area (Å²) in [6.45, 7) is 0. The van der Waals surface area contributed by atoms with Crippen molar-refractivity contribution < 1.29 is 0 Å². The summed E-state index contributed by atoms with van der Waals surface area (Å²) in [5.74, 6) is 1.13. The van der Waals surface area contributed by atoms with Gasteiger partial charge in [-0.25, -0.2) is 4.98 Å². The highest BCUT2D eigenvalue weighted by Crippen LogP contribution is 2.36. The molecule has 5 aromatic rings. The third kappa shape index (κ3) is 2.31. The van der Waals surface area contributed by atoms with Crippen molar-refractivity contribution in [2.75, 3.05) is 0 Å². The molecular formula is C26H18N2. The van der Waals surface area contributed by atoms with Crippen molar-refractivity contribution in [1.29, 1.82) is 0 Å². The van der Waals surface area contributed by atoms with Crippen LogP contribution in [0.15, 0.2) is 97.1 Å². The van der Waals surface area contributed by atoms with Gasteiger partial charge in [-0.1, -0.05) is 78.9 Å². The van der Waals surface area contributed by atoms with Gasteiger partial charge in [0.1, 0.15) is 5.82 Å². The van der Waals surface area contributed by atoms with E-state index in [2.05, 4.69) is 102 Å². The smallest absolute Gasteiger partial charge is 0.118 e. The molecule has 6 rings (SSSR count). The van der Waals surface area contributed by atoms with E-state index in [9.17, 15) is 0 Å². The van der Waals surface area contributed by atoms with Crippen molar-refractivity contribution >= 4 is 11.0 Å². The summed E-state index contributed by atoms with van der Waals surface area (Å²) < 4.78 is 2.34. The predicted octanol–water partition coefficient (Wildman–Crippen LogP) is 6.26. The van der Waals surface area contributed by atoms with E-state index in [4.69, 9.17) is 4.98 Å². The SMILES string of the molecule is c1ccc(-c2ccc3c(c2)-n2c(nc4ccc(-c5ccccc5)cc42)C3)cc1. The first-order chi connectivity index (χ1) is 13.9. The van der Waals surface area contributed by atoms with Gasteiger partial charge in [0, 0.05) is 6.42 Å². The Bertz CT molecular complexity index is 1320. The molecule has 1 aliphatic rings. The fourth-order valence-electron chi connectivity index (χ4n) is 4.22. The molecular weight excluding hydrogens is 340 g/mol. The lowest BCUT2D eigenvalue weighted by atomic mass is 10.0. The van der Waals surface area contributed by atoms with Gasteiger partial charge in [-0.05, 0) is 46.0 Å². The zero-order chi connectivity index (χ0) is 18.5. The topological polar surface area (TPSA) is 17.8 Å². The summed E-state index contributed by atoms with van der Waals surface area (Å²) >= 11 is 0.